The number of pyridine rings is 1. The summed E-state index contributed by atoms with van der Waals surface area (Å²) in [6, 6.07) is 18.8. The van der Waals surface area contributed by atoms with Gasteiger partial charge < -0.3 is 0 Å². The number of aryl methyl sites for hydroxylation is 1. The Labute approximate surface area is 124 Å². The highest BCUT2D eigenvalue weighted by molar-refractivity contribution is 5.84. The topological polar surface area (TPSA) is 50.9 Å². The molecule has 1 unspecified atom stereocenters. The highest BCUT2D eigenvalue weighted by Gasteiger charge is 2.15. The summed E-state index contributed by atoms with van der Waals surface area (Å²) < 4.78 is 0. The number of nitrogens with one attached hydrogen (secondary N) is 1. The molecule has 0 saturated carbocycles. The maximum atomic E-state index is 5.79. The van der Waals surface area contributed by atoms with E-state index in [4.69, 9.17) is 5.84 Å². The molecular weight excluding hydrogens is 258 g/mol. The molecule has 0 aliphatic rings. The summed E-state index contributed by atoms with van der Waals surface area (Å²) in [6.45, 7) is 2.10. The lowest BCUT2D eigenvalue weighted by atomic mass is 9.98. The number of rotatable bonds is 4. The zero-order valence-electron chi connectivity index (χ0n) is 12.1. The van der Waals surface area contributed by atoms with Gasteiger partial charge in [0.05, 0.1) is 11.7 Å². The Morgan fingerprint density at radius 2 is 1.95 bits per heavy atom. The van der Waals surface area contributed by atoms with Crippen molar-refractivity contribution in [1.29, 1.82) is 0 Å². The molecule has 3 rings (SSSR count). The summed E-state index contributed by atoms with van der Waals surface area (Å²) in [6.07, 6.45) is 2.66. The molecule has 0 saturated heterocycles. The highest BCUT2D eigenvalue weighted by Crippen LogP contribution is 2.24. The molecule has 0 amide bonds. The molecule has 2 aromatic carbocycles. The van der Waals surface area contributed by atoms with Gasteiger partial charge in [-0.2, -0.15) is 0 Å². The maximum absolute atomic E-state index is 5.79. The second kappa shape index (κ2) is 6.04. The van der Waals surface area contributed by atoms with E-state index in [0.717, 1.165) is 17.5 Å². The number of benzene rings is 2. The molecule has 106 valence electrons. The monoisotopic (exact) mass is 277 g/mol. The minimum atomic E-state index is -0.00194. The SMILES string of the molecule is Cc1cccc(CC(NN)c2nccc3ccccc23)c1. The van der Waals surface area contributed by atoms with Gasteiger partial charge in [-0.05, 0) is 30.4 Å². The van der Waals surface area contributed by atoms with Gasteiger partial charge >= 0.3 is 0 Å². The van der Waals surface area contributed by atoms with E-state index in [1.165, 1.54) is 16.5 Å². The molecule has 0 bridgehead atoms. The van der Waals surface area contributed by atoms with Crippen LogP contribution >= 0.6 is 0 Å². The summed E-state index contributed by atoms with van der Waals surface area (Å²) in [7, 11) is 0. The van der Waals surface area contributed by atoms with Gasteiger partial charge in [-0.3, -0.25) is 16.3 Å². The molecule has 3 nitrogen and oxygen atoms in total. The van der Waals surface area contributed by atoms with Crippen LogP contribution in [0.3, 0.4) is 0 Å². The molecule has 1 atom stereocenters. The van der Waals surface area contributed by atoms with Crippen LogP contribution in [0.15, 0.2) is 60.8 Å². The summed E-state index contributed by atoms with van der Waals surface area (Å²) in [5, 5.41) is 2.34. The van der Waals surface area contributed by atoms with E-state index in [9.17, 15) is 0 Å². The van der Waals surface area contributed by atoms with Gasteiger partial charge in [0.25, 0.3) is 0 Å². The van der Waals surface area contributed by atoms with E-state index in [0.29, 0.717) is 0 Å². The molecule has 0 aliphatic heterocycles. The van der Waals surface area contributed by atoms with Crippen LogP contribution in [0.4, 0.5) is 0 Å². The maximum Gasteiger partial charge on any atom is 0.0678 e. The van der Waals surface area contributed by atoms with Gasteiger partial charge in [0.1, 0.15) is 0 Å². The predicted octanol–water partition coefficient (Wildman–Crippen LogP) is 3.29. The Morgan fingerprint density at radius 3 is 2.76 bits per heavy atom. The van der Waals surface area contributed by atoms with Gasteiger partial charge in [0, 0.05) is 11.6 Å². The van der Waals surface area contributed by atoms with Gasteiger partial charge in [0.15, 0.2) is 0 Å². The lowest BCUT2D eigenvalue weighted by molar-refractivity contribution is 0.542. The van der Waals surface area contributed by atoms with Crippen molar-refractivity contribution in [2.75, 3.05) is 0 Å². The summed E-state index contributed by atoms with van der Waals surface area (Å²) >= 11 is 0. The third kappa shape index (κ3) is 2.94. The van der Waals surface area contributed by atoms with Gasteiger partial charge in [0.2, 0.25) is 0 Å². The normalized spacial score (nSPS) is 12.5. The number of fused-ring (bicyclic) bond motifs is 1. The number of hydrazine groups is 1. The van der Waals surface area contributed by atoms with Crippen LogP contribution in [0.5, 0.6) is 0 Å². The Bertz CT molecular complexity index is 747. The smallest absolute Gasteiger partial charge is 0.0678 e. The van der Waals surface area contributed by atoms with Crippen LogP contribution in [-0.4, -0.2) is 4.98 Å². The number of nitrogens with two attached hydrogens (primary N) is 1. The van der Waals surface area contributed by atoms with Crippen molar-refractivity contribution in [3.05, 3.63) is 77.6 Å². The molecule has 0 spiro atoms. The molecule has 0 radical (unpaired) electrons. The minimum absolute atomic E-state index is 0.00194. The van der Waals surface area contributed by atoms with Crippen LogP contribution in [0.2, 0.25) is 0 Å². The van der Waals surface area contributed by atoms with Crippen LogP contribution in [0.1, 0.15) is 22.9 Å². The lowest BCUT2D eigenvalue weighted by Crippen LogP contribution is -2.30. The average Bonchev–Trinajstić information content (AvgIpc) is 2.52. The summed E-state index contributed by atoms with van der Waals surface area (Å²) in [5.41, 5.74) is 6.43. The van der Waals surface area contributed by atoms with Crippen molar-refractivity contribution in [2.45, 2.75) is 19.4 Å². The molecule has 3 aromatic rings. The van der Waals surface area contributed by atoms with Crippen LogP contribution < -0.4 is 11.3 Å². The van der Waals surface area contributed by atoms with Crippen molar-refractivity contribution in [3.8, 4) is 0 Å². The average molecular weight is 277 g/mol. The Morgan fingerprint density at radius 1 is 1.10 bits per heavy atom. The standard InChI is InChI=1S/C18H19N3/c1-13-5-4-6-14(11-13)12-17(21-19)18-16-8-3-2-7-15(16)9-10-20-18/h2-11,17,21H,12,19H2,1H3. The Kier molecular flexibility index (Phi) is 3.95. The second-order valence-corrected chi connectivity index (χ2v) is 5.33. The van der Waals surface area contributed by atoms with E-state index >= 15 is 0 Å². The molecule has 3 heteroatoms. The van der Waals surface area contributed by atoms with Gasteiger partial charge in [-0.25, -0.2) is 0 Å². The van der Waals surface area contributed by atoms with E-state index in [2.05, 4.69) is 53.7 Å². The minimum Gasteiger partial charge on any atom is -0.271 e. The number of aromatic nitrogens is 1. The Hall–Kier alpha value is -2.23. The second-order valence-electron chi connectivity index (χ2n) is 5.33. The first kappa shape index (κ1) is 13.7. The summed E-state index contributed by atoms with van der Waals surface area (Å²) in [5.74, 6) is 5.79. The number of hydrogen-bond acceptors (Lipinski definition) is 3. The third-order valence-corrected chi connectivity index (χ3v) is 3.76. The first-order valence-electron chi connectivity index (χ1n) is 7.13. The van der Waals surface area contributed by atoms with Crippen LogP contribution in [-0.2, 0) is 6.42 Å². The first-order valence-corrected chi connectivity index (χ1v) is 7.13. The molecule has 0 fully saturated rings. The van der Waals surface area contributed by atoms with Crippen LogP contribution in [0.25, 0.3) is 10.8 Å². The first-order chi connectivity index (χ1) is 10.3. The van der Waals surface area contributed by atoms with E-state index in [1.807, 2.05) is 24.4 Å². The summed E-state index contributed by atoms with van der Waals surface area (Å²) in [4.78, 5) is 4.55. The fourth-order valence-corrected chi connectivity index (χ4v) is 2.73. The van der Waals surface area contributed by atoms with E-state index < -0.39 is 0 Å². The molecule has 1 heterocycles. The Balaban J connectivity index is 1.98. The van der Waals surface area contributed by atoms with E-state index in [1.54, 1.807) is 0 Å². The zero-order valence-corrected chi connectivity index (χ0v) is 12.1. The predicted molar refractivity (Wildman–Crippen MR) is 86.7 cm³/mol. The van der Waals surface area contributed by atoms with Gasteiger partial charge in [-0.15, -0.1) is 0 Å². The van der Waals surface area contributed by atoms with Gasteiger partial charge in [-0.1, -0.05) is 54.1 Å². The molecule has 0 aliphatic carbocycles. The molecule has 1 aromatic heterocycles. The molecule has 3 N–H and O–H groups in total. The highest BCUT2D eigenvalue weighted by atomic mass is 15.2. The number of nitrogens with zero attached hydrogens (tertiary/aromatic N) is 1. The fourth-order valence-electron chi connectivity index (χ4n) is 2.73. The van der Waals surface area contributed by atoms with Crippen molar-refractivity contribution < 1.29 is 0 Å². The van der Waals surface area contributed by atoms with Crippen molar-refractivity contribution in [2.24, 2.45) is 5.84 Å². The molecular formula is C18H19N3. The quantitative estimate of drug-likeness (QED) is 0.568. The van der Waals surface area contributed by atoms with Crippen LogP contribution in [0, 0.1) is 6.92 Å². The van der Waals surface area contributed by atoms with Crippen molar-refractivity contribution in [1.82, 2.24) is 10.4 Å². The fraction of sp³-hybridized carbons (Fsp3) is 0.167. The van der Waals surface area contributed by atoms with Crippen molar-refractivity contribution >= 4 is 10.8 Å². The largest absolute Gasteiger partial charge is 0.271 e. The lowest BCUT2D eigenvalue weighted by Gasteiger charge is -2.17. The molecule has 21 heavy (non-hydrogen) atoms. The number of hydrogen-bond donors (Lipinski definition) is 2. The third-order valence-electron chi connectivity index (χ3n) is 3.76. The van der Waals surface area contributed by atoms with E-state index in [-0.39, 0.29) is 6.04 Å². The van der Waals surface area contributed by atoms with Crippen molar-refractivity contribution in [3.63, 3.8) is 0 Å². The zero-order chi connectivity index (χ0) is 14.7.